The zero-order valence-corrected chi connectivity index (χ0v) is 29.2. The molecule has 2 aromatic carbocycles. The van der Waals surface area contributed by atoms with Gasteiger partial charge < -0.3 is 9.47 Å². The third-order valence-electron chi connectivity index (χ3n) is 8.56. The van der Waals surface area contributed by atoms with Gasteiger partial charge in [0.25, 0.3) is 11.8 Å². The van der Waals surface area contributed by atoms with Gasteiger partial charge in [-0.25, -0.2) is 0 Å². The first-order chi connectivity index (χ1) is 22.6. The molecule has 2 amide bonds. The highest BCUT2D eigenvalue weighted by atomic mass is 16.5. The van der Waals surface area contributed by atoms with Crippen LogP contribution >= 0.6 is 0 Å². The molecule has 0 aliphatic rings. The van der Waals surface area contributed by atoms with Crippen LogP contribution in [0.2, 0.25) is 0 Å². The number of hydrogen-bond donors (Lipinski definition) is 2. The summed E-state index contributed by atoms with van der Waals surface area (Å²) in [4.78, 5) is 25.1. The molecule has 0 fully saturated rings. The van der Waals surface area contributed by atoms with Crippen LogP contribution in [0, 0.1) is 0 Å². The molecule has 0 aliphatic heterocycles. The van der Waals surface area contributed by atoms with Crippen molar-refractivity contribution < 1.29 is 19.1 Å². The molecule has 0 bridgehead atoms. The van der Waals surface area contributed by atoms with Crippen LogP contribution in [0.15, 0.2) is 48.5 Å². The van der Waals surface area contributed by atoms with Crippen LogP contribution in [0.4, 0.5) is 0 Å². The molecule has 6 nitrogen and oxygen atoms in total. The van der Waals surface area contributed by atoms with Crippen molar-refractivity contribution in [2.75, 3.05) is 13.2 Å². The van der Waals surface area contributed by atoms with Gasteiger partial charge in [0.1, 0.15) is 11.5 Å². The predicted octanol–water partition coefficient (Wildman–Crippen LogP) is 11.1. The van der Waals surface area contributed by atoms with Gasteiger partial charge in [0.15, 0.2) is 0 Å². The molecule has 2 rings (SSSR count). The lowest BCUT2D eigenvalue weighted by Crippen LogP contribution is -2.41. The number of hydrogen-bond acceptors (Lipinski definition) is 4. The maximum Gasteiger partial charge on any atom is 0.269 e. The Morgan fingerprint density at radius 1 is 0.413 bits per heavy atom. The van der Waals surface area contributed by atoms with Crippen molar-refractivity contribution in [3.05, 3.63) is 59.7 Å². The number of ether oxygens (including phenoxy) is 2. The van der Waals surface area contributed by atoms with Gasteiger partial charge in [0.05, 0.1) is 13.2 Å². The number of rotatable bonds is 28. The second-order valence-corrected chi connectivity index (χ2v) is 12.7. The van der Waals surface area contributed by atoms with E-state index in [0.29, 0.717) is 24.3 Å². The van der Waals surface area contributed by atoms with E-state index in [-0.39, 0.29) is 11.8 Å². The summed E-state index contributed by atoms with van der Waals surface area (Å²) in [5.74, 6) is 0.742. The lowest BCUT2D eigenvalue weighted by Gasteiger charge is -2.10. The van der Waals surface area contributed by atoms with Crippen LogP contribution in [0.25, 0.3) is 0 Å². The molecule has 2 N–H and O–H groups in total. The van der Waals surface area contributed by atoms with E-state index in [1.54, 1.807) is 48.5 Å². The van der Waals surface area contributed by atoms with Crippen LogP contribution in [0.5, 0.6) is 11.5 Å². The minimum atomic E-state index is -0.378. The Morgan fingerprint density at radius 3 is 0.957 bits per heavy atom. The van der Waals surface area contributed by atoms with E-state index in [2.05, 4.69) is 24.7 Å². The van der Waals surface area contributed by atoms with Crippen molar-refractivity contribution in [1.29, 1.82) is 0 Å². The number of amides is 2. The summed E-state index contributed by atoms with van der Waals surface area (Å²) in [7, 11) is 0. The summed E-state index contributed by atoms with van der Waals surface area (Å²) in [6, 6.07) is 14.0. The number of hydrazine groups is 1. The highest BCUT2D eigenvalue weighted by molar-refractivity contribution is 5.99. The Labute approximate surface area is 280 Å². The molecule has 6 heteroatoms. The SMILES string of the molecule is CCCCCCCCCCCCCOc1ccc(C(=O)NNC(=O)c2ccc(OCCCCCCCCCCCCC)cc2)cc1. The molecule has 46 heavy (non-hydrogen) atoms. The summed E-state index contributed by atoms with van der Waals surface area (Å²) in [6.45, 7) is 5.89. The molecular weight excluding hydrogens is 572 g/mol. The van der Waals surface area contributed by atoms with Crippen LogP contribution < -0.4 is 20.3 Å². The molecule has 0 saturated heterocycles. The van der Waals surface area contributed by atoms with Gasteiger partial charge in [0.2, 0.25) is 0 Å². The summed E-state index contributed by atoms with van der Waals surface area (Å²) in [6.07, 6.45) is 28.7. The van der Waals surface area contributed by atoms with Gasteiger partial charge >= 0.3 is 0 Å². The molecule has 258 valence electrons. The Bertz CT molecular complexity index is 939. The lowest BCUT2D eigenvalue weighted by molar-refractivity contribution is 0.0846. The summed E-state index contributed by atoms with van der Waals surface area (Å²) < 4.78 is 11.7. The normalized spacial score (nSPS) is 10.9. The second kappa shape index (κ2) is 27.1. The van der Waals surface area contributed by atoms with E-state index in [0.717, 1.165) is 24.3 Å². The monoisotopic (exact) mass is 636 g/mol. The van der Waals surface area contributed by atoms with Gasteiger partial charge in [-0.15, -0.1) is 0 Å². The highest BCUT2D eigenvalue weighted by Gasteiger charge is 2.10. The smallest absolute Gasteiger partial charge is 0.269 e. The van der Waals surface area contributed by atoms with Gasteiger partial charge in [-0.2, -0.15) is 0 Å². The number of carbonyl (C=O) groups excluding carboxylic acids is 2. The van der Waals surface area contributed by atoms with E-state index < -0.39 is 0 Å². The Balaban J connectivity index is 1.50. The molecule has 2 aromatic rings. The third-order valence-corrected chi connectivity index (χ3v) is 8.56. The van der Waals surface area contributed by atoms with E-state index in [1.807, 2.05) is 0 Å². The fourth-order valence-electron chi connectivity index (χ4n) is 5.58. The van der Waals surface area contributed by atoms with E-state index in [1.165, 1.54) is 128 Å². The topological polar surface area (TPSA) is 76.7 Å². The van der Waals surface area contributed by atoms with E-state index in [9.17, 15) is 9.59 Å². The first kappa shape index (κ1) is 39.2. The van der Waals surface area contributed by atoms with Crippen molar-refractivity contribution in [2.45, 2.75) is 155 Å². The first-order valence-electron chi connectivity index (χ1n) is 18.7. The molecule has 0 unspecified atom stereocenters. The largest absolute Gasteiger partial charge is 0.494 e. The molecule has 0 radical (unpaired) electrons. The average Bonchev–Trinajstić information content (AvgIpc) is 3.08. The average molecular weight is 637 g/mol. The Morgan fingerprint density at radius 2 is 0.674 bits per heavy atom. The van der Waals surface area contributed by atoms with Crippen molar-refractivity contribution in [3.63, 3.8) is 0 Å². The van der Waals surface area contributed by atoms with Crippen molar-refractivity contribution in [2.24, 2.45) is 0 Å². The highest BCUT2D eigenvalue weighted by Crippen LogP contribution is 2.16. The Hall–Kier alpha value is -3.02. The summed E-state index contributed by atoms with van der Waals surface area (Å²) in [5, 5.41) is 0. The van der Waals surface area contributed by atoms with Crippen molar-refractivity contribution in [3.8, 4) is 11.5 Å². The molecular formula is C40H64N2O4. The zero-order valence-electron chi connectivity index (χ0n) is 29.2. The lowest BCUT2D eigenvalue weighted by atomic mass is 10.1. The minimum absolute atomic E-state index is 0.378. The van der Waals surface area contributed by atoms with Crippen LogP contribution in [0.3, 0.4) is 0 Å². The first-order valence-corrected chi connectivity index (χ1v) is 18.7. The maximum absolute atomic E-state index is 12.5. The molecule has 0 aromatic heterocycles. The van der Waals surface area contributed by atoms with Gasteiger partial charge in [0, 0.05) is 11.1 Å². The summed E-state index contributed by atoms with van der Waals surface area (Å²) >= 11 is 0. The quantitative estimate of drug-likeness (QED) is 0.0719. The number of nitrogens with one attached hydrogen (secondary N) is 2. The third kappa shape index (κ3) is 19.5. The van der Waals surface area contributed by atoms with E-state index in [4.69, 9.17) is 9.47 Å². The van der Waals surface area contributed by atoms with Gasteiger partial charge in [-0.05, 0) is 61.4 Å². The minimum Gasteiger partial charge on any atom is -0.494 e. The van der Waals surface area contributed by atoms with Crippen molar-refractivity contribution >= 4 is 11.8 Å². The molecule has 0 heterocycles. The fraction of sp³-hybridized carbons (Fsp3) is 0.650. The van der Waals surface area contributed by atoms with Gasteiger partial charge in [-0.3, -0.25) is 20.4 Å². The van der Waals surface area contributed by atoms with Crippen LogP contribution in [-0.4, -0.2) is 25.0 Å². The fourth-order valence-corrected chi connectivity index (χ4v) is 5.58. The predicted molar refractivity (Wildman–Crippen MR) is 192 cm³/mol. The second-order valence-electron chi connectivity index (χ2n) is 12.7. The maximum atomic E-state index is 12.5. The Kier molecular flexibility index (Phi) is 23.1. The molecule has 0 aliphatic carbocycles. The number of unbranched alkanes of at least 4 members (excludes halogenated alkanes) is 20. The molecule has 0 spiro atoms. The molecule has 0 saturated carbocycles. The van der Waals surface area contributed by atoms with Crippen molar-refractivity contribution in [1.82, 2.24) is 10.9 Å². The number of benzene rings is 2. The number of carbonyl (C=O) groups is 2. The van der Waals surface area contributed by atoms with Gasteiger partial charge in [-0.1, -0.05) is 142 Å². The zero-order chi connectivity index (χ0) is 32.9. The standard InChI is InChI=1S/C40H64N2O4/c1-3-5-7-9-11-13-15-17-19-21-23-33-45-37-29-25-35(26-30-37)39(43)41-42-40(44)36-27-31-38(32-28-36)46-34-24-22-20-18-16-14-12-10-8-6-4-2/h25-32H,3-24,33-34H2,1-2H3,(H,41,43)(H,42,44). The summed E-state index contributed by atoms with van der Waals surface area (Å²) in [5.41, 5.74) is 5.89. The van der Waals surface area contributed by atoms with E-state index >= 15 is 0 Å². The van der Waals surface area contributed by atoms with Crippen LogP contribution in [-0.2, 0) is 0 Å². The van der Waals surface area contributed by atoms with Crippen LogP contribution in [0.1, 0.15) is 176 Å². The molecule has 0 atom stereocenters.